The van der Waals surface area contributed by atoms with Crippen molar-refractivity contribution < 1.29 is 13.9 Å². The van der Waals surface area contributed by atoms with E-state index in [1.165, 1.54) is 0 Å². The van der Waals surface area contributed by atoms with E-state index in [9.17, 15) is 0 Å². The number of nitrogens with zero attached hydrogens (tertiary/aromatic N) is 1. The van der Waals surface area contributed by atoms with Crippen molar-refractivity contribution >= 4 is 28.2 Å². The van der Waals surface area contributed by atoms with Crippen LogP contribution in [0, 0.1) is 0 Å². The largest absolute Gasteiger partial charge is 0.454 e. The van der Waals surface area contributed by atoms with Gasteiger partial charge >= 0.3 is 0 Å². The summed E-state index contributed by atoms with van der Waals surface area (Å²) in [6.45, 7) is 0.251. The fourth-order valence-corrected chi connectivity index (χ4v) is 2.22. The Morgan fingerprint density at radius 2 is 2.05 bits per heavy atom. The summed E-state index contributed by atoms with van der Waals surface area (Å²) in [5.41, 5.74) is 8.12. The van der Waals surface area contributed by atoms with Crippen LogP contribution in [0.1, 0.15) is 0 Å². The van der Waals surface area contributed by atoms with Crippen LogP contribution in [0.15, 0.2) is 41.1 Å². The summed E-state index contributed by atoms with van der Waals surface area (Å²) in [5, 5.41) is 4.13. The molecular formula is C14H11N3O3. The Balaban J connectivity index is 1.76. The van der Waals surface area contributed by atoms with E-state index in [1.807, 2.05) is 24.3 Å². The van der Waals surface area contributed by atoms with Gasteiger partial charge in [-0.3, -0.25) is 4.98 Å². The van der Waals surface area contributed by atoms with Crippen LogP contribution in [0.4, 0.5) is 17.3 Å². The number of rotatable bonds is 2. The van der Waals surface area contributed by atoms with Gasteiger partial charge in [0.25, 0.3) is 0 Å². The molecule has 0 bridgehead atoms. The van der Waals surface area contributed by atoms with Gasteiger partial charge in [0.05, 0.1) is 6.20 Å². The molecule has 0 aliphatic carbocycles. The highest BCUT2D eigenvalue weighted by molar-refractivity contribution is 5.97. The fourth-order valence-electron chi connectivity index (χ4n) is 2.22. The third kappa shape index (κ3) is 1.62. The lowest BCUT2D eigenvalue weighted by Crippen LogP contribution is -1.94. The minimum absolute atomic E-state index is 0.251. The third-order valence-electron chi connectivity index (χ3n) is 3.16. The summed E-state index contributed by atoms with van der Waals surface area (Å²) in [6, 6.07) is 7.46. The van der Waals surface area contributed by atoms with Gasteiger partial charge in [-0.15, -0.1) is 0 Å². The second-order valence-electron chi connectivity index (χ2n) is 4.41. The van der Waals surface area contributed by atoms with Crippen LogP contribution >= 0.6 is 0 Å². The summed E-state index contributed by atoms with van der Waals surface area (Å²) >= 11 is 0. The highest BCUT2D eigenvalue weighted by Gasteiger charge is 2.16. The number of benzene rings is 1. The topological polar surface area (TPSA) is 82.5 Å². The monoisotopic (exact) mass is 269 g/mol. The number of aromatic nitrogens is 1. The van der Waals surface area contributed by atoms with Crippen molar-refractivity contribution in [3.05, 3.63) is 36.7 Å². The lowest BCUT2D eigenvalue weighted by Gasteiger charge is -2.06. The average Bonchev–Trinajstić information content (AvgIpc) is 3.04. The zero-order valence-corrected chi connectivity index (χ0v) is 10.4. The minimum Gasteiger partial charge on any atom is -0.454 e. The van der Waals surface area contributed by atoms with Crippen molar-refractivity contribution in [3.8, 4) is 11.5 Å². The van der Waals surface area contributed by atoms with Crippen molar-refractivity contribution in [2.24, 2.45) is 0 Å². The lowest BCUT2D eigenvalue weighted by molar-refractivity contribution is 0.174. The van der Waals surface area contributed by atoms with E-state index in [0.717, 1.165) is 22.5 Å². The molecule has 1 aliphatic rings. The SMILES string of the molecule is Nc1oc2cnccc2c1Nc1ccc2c(c1)OCO2. The van der Waals surface area contributed by atoms with Crippen LogP contribution in [-0.4, -0.2) is 11.8 Å². The molecule has 0 unspecified atom stereocenters. The summed E-state index contributed by atoms with van der Waals surface area (Å²) in [5.74, 6) is 1.78. The fraction of sp³-hybridized carbons (Fsp3) is 0.0714. The molecule has 2 aromatic heterocycles. The van der Waals surface area contributed by atoms with Crippen LogP contribution in [-0.2, 0) is 0 Å². The molecule has 3 aromatic rings. The second-order valence-corrected chi connectivity index (χ2v) is 4.41. The number of pyridine rings is 1. The zero-order chi connectivity index (χ0) is 13.5. The Morgan fingerprint density at radius 3 is 3.00 bits per heavy atom. The van der Waals surface area contributed by atoms with Crippen molar-refractivity contribution in [2.45, 2.75) is 0 Å². The first-order valence-electron chi connectivity index (χ1n) is 6.10. The molecule has 0 spiro atoms. The first-order chi connectivity index (χ1) is 9.81. The lowest BCUT2D eigenvalue weighted by atomic mass is 10.2. The van der Waals surface area contributed by atoms with Gasteiger partial charge in [0.1, 0.15) is 5.69 Å². The average molecular weight is 269 g/mol. The molecule has 1 aliphatic heterocycles. The Bertz CT molecular complexity index is 797. The Hall–Kier alpha value is -2.89. The van der Waals surface area contributed by atoms with E-state index in [2.05, 4.69) is 10.3 Å². The predicted molar refractivity (Wildman–Crippen MR) is 74.3 cm³/mol. The Morgan fingerprint density at radius 1 is 1.15 bits per heavy atom. The van der Waals surface area contributed by atoms with Gasteiger partial charge in [0, 0.05) is 23.3 Å². The molecule has 6 heteroatoms. The van der Waals surface area contributed by atoms with Crippen LogP contribution in [0.3, 0.4) is 0 Å². The first kappa shape index (κ1) is 11.0. The van der Waals surface area contributed by atoms with Crippen molar-refractivity contribution in [1.29, 1.82) is 0 Å². The van der Waals surface area contributed by atoms with Gasteiger partial charge in [-0.2, -0.15) is 0 Å². The van der Waals surface area contributed by atoms with E-state index in [-0.39, 0.29) is 6.79 Å². The molecule has 0 amide bonds. The zero-order valence-electron chi connectivity index (χ0n) is 10.4. The molecule has 3 N–H and O–H groups in total. The Kier molecular flexibility index (Phi) is 2.23. The van der Waals surface area contributed by atoms with E-state index < -0.39 is 0 Å². The molecule has 3 heterocycles. The highest BCUT2D eigenvalue weighted by atomic mass is 16.7. The molecule has 0 saturated heterocycles. The minimum atomic E-state index is 0.251. The summed E-state index contributed by atoms with van der Waals surface area (Å²) in [7, 11) is 0. The summed E-state index contributed by atoms with van der Waals surface area (Å²) in [6.07, 6.45) is 3.33. The maximum absolute atomic E-state index is 5.90. The first-order valence-corrected chi connectivity index (χ1v) is 6.10. The molecule has 6 nitrogen and oxygen atoms in total. The van der Waals surface area contributed by atoms with Gasteiger partial charge in [0.15, 0.2) is 17.1 Å². The maximum atomic E-state index is 5.90. The number of nitrogens with one attached hydrogen (secondary N) is 1. The van der Waals surface area contributed by atoms with E-state index in [4.69, 9.17) is 19.6 Å². The van der Waals surface area contributed by atoms with Crippen molar-refractivity contribution in [2.75, 3.05) is 17.8 Å². The molecule has 0 atom stereocenters. The van der Waals surface area contributed by atoms with Gasteiger partial charge in [0.2, 0.25) is 12.7 Å². The standard InChI is InChI=1S/C14H11N3O3/c15-14-13(9-3-4-16-6-12(9)20-14)17-8-1-2-10-11(5-8)19-7-18-10/h1-6,17H,7,15H2. The molecular weight excluding hydrogens is 258 g/mol. The number of hydrogen-bond acceptors (Lipinski definition) is 6. The normalized spacial score (nSPS) is 12.8. The van der Waals surface area contributed by atoms with E-state index >= 15 is 0 Å². The van der Waals surface area contributed by atoms with Crippen molar-refractivity contribution in [3.63, 3.8) is 0 Å². The predicted octanol–water partition coefficient (Wildman–Crippen LogP) is 2.88. The smallest absolute Gasteiger partial charge is 0.231 e. The van der Waals surface area contributed by atoms with Crippen LogP contribution < -0.4 is 20.5 Å². The second kappa shape index (κ2) is 4.06. The number of furan rings is 1. The number of ether oxygens (including phenoxy) is 2. The molecule has 20 heavy (non-hydrogen) atoms. The number of nitrogen functional groups attached to an aromatic ring is 1. The van der Waals surface area contributed by atoms with Gasteiger partial charge < -0.3 is 24.9 Å². The van der Waals surface area contributed by atoms with Crippen LogP contribution in [0.2, 0.25) is 0 Å². The summed E-state index contributed by atoms with van der Waals surface area (Å²) in [4.78, 5) is 4.01. The Labute approximate surface area is 114 Å². The molecule has 0 fully saturated rings. The van der Waals surface area contributed by atoms with Crippen LogP contribution in [0.25, 0.3) is 11.0 Å². The van der Waals surface area contributed by atoms with E-state index in [0.29, 0.717) is 17.2 Å². The molecule has 1 aromatic carbocycles. The highest BCUT2D eigenvalue weighted by Crippen LogP contribution is 2.38. The van der Waals surface area contributed by atoms with Gasteiger partial charge in [-0.25, -0.2) is 0 Å². The number of anilines is 3. The number of fused-ring (bicyclic) bond motifs is 2. The van der Waals surface area contributed by atoms with Crippen LogP contribution in [0.5, 0.6) is 11.5 Å². The third-order valence-corrected chi connectivity index (χ3v) is 3.16. The number of nitrogens with two attached hydrogens (primary N) is 1. The van der Waals surface area contributed by atoms with E-state index in [1.54, 1.807) is 12.4 Å². The molecule has 100 valence electrons. The molecule has 4 rings (SSSR count). The van der Waals surface area contributed by atoms with Gasteiger partial charge in [-0.1, -0.05) is 0 Å². The maximum Gasteiger partial charge on any atom is 0.231 e. The molecule has 0 radical (unpaired) electrons. The summed E-state index contributed by atoms with van der Waals surface area (Å²) < 4.78 is 16.1. The molecule has 0 saturated carbocycles. The van der Waals surface area contributed by atoms with Crippen molar-refractivity contribution in [1.82, 2.24) is 4.98 Å². The number of hydrogen-bond donors (Lipinski definition) is 2. The quantitative estimate of drug-likeness (QED) is 0.744. The van der Waals surface area contributed by atoms with Gasteiger partial charge in [-0.05, 0) is 18.2 Å².